The topological polar surface area (TPSA) is 47.3 Å². The number of nitrogens with two attached hydrogens (primary N) is 1. The molecular weight excluding hydrogens is 239 g/mol. The molecule has 1 atom stereocenters. The van der Waals surface area contributed by atoms with Gasteiger partial charge in [0.25, 0.3) is 0 Å². The second-order valence-electron chi connectivity index (χ2n) is 3.55. The van der Waals surface area contributed by atoms with E-state index in [-0.39, 0.29) is 17.6 Å². The fraction of sp³-hybridized carbons (Fsp3) is 0.167. The van der Waals surface area contributed by atoms with Gasteiger partial charge in [-0.25, -0.2) is 9.82 Å². The van der Waals surface area contributed by atoms with Crippen molar-refractivity contribution in [1.29, 1.82) is 0 Å². The van der Waals surface area contributed by atoms with Gasteiger partial charge in [-0.15, -0.1) is 0 Å². The molecule has 0 fully saturated rings. The Morgan fingerprint density at radius 2 is 2.18 bits per heavy atom. The Bertz CT molecular complexity index is 487. The van der Waals surface area contributed by atoms with Crippen LogP contribution in [0.1, 0.15) is 17.2 Å². The molecule has 5 heteroatoms. The Hall–Kier alpha value is -1.43. The highest BCUT2D eigenvalue weighted by molar-refractivity contribution is 7.08. The number of rotatable bonds is 4. The van der Waals surface area contributed by atoms with Crippen LogP contribution in [-0.2, 0) is 0 Å². The van der Waals surface area contributed by atoms with Gasteiger partial charge in [-0.3, -0.25) is 5.84 Å². The lowest BCUT2D eigenvalue weighted by Crippen LogP contribution is -2.28. The second kappa shape index (κ2) is 5.27. The van der Waals surface area contributed by atoms with Crippen LogP contribution in [0.2, 0.25) is 0 Å². The van der Waals surface area contributed by atoms with Crippen LogP contribution < -0.4 is 16.0 Å². The highest BCUT2D eigenvalue weighted by Crippen LogP contribution is 2.26. The Morgan fingerprint density at radius 3 is 2.71 bits per heavy atom. The van der Waals surface area contributed by atoms with Gasteiger partial charge < -0.3 is 4.74 Å². The summed E-state index contributed by atoms with van der Waals surface area (Å²) in [6.45, 7) is 0. The third-order valence-electron chi connectivity index (χ3n) is 2.55. The van der Waals surface area contributed by atoms with E-state index in [1.165, 1.54) is 13.2 Å². The van der Waals surface area contributed by atoms with Crippen LogP contribution in [0.15, 0.2) is 35.0 Å². The van der Waals surface area contributed by atoms with Gasteiger partial charge in [0, 0.05) is 0 Å². The van der Waals surface area contributed by atoms with Crippen LogP contribution in [0.3, 0.4) is 0 Å². The van der Waals surface area contributed by atoms with Crippen molar-refractivity contribution in [2.45, 2.75) is 6.04 Å². The van der Waals surface area contributed by atoms with Gasteiger partial charge >= 0.3 is 0 Å². The zero-order valence-corrected chi connectivity index (χ0v) is 10.1. The molecule has 0 bridgehead atoms. The van der Waals surface area contributed by atoms with Gasteiger partial charge in [0.05, 0.1) is 13.2 Å². The first-order chi connectivity index (χ1) is 8.26. The van der Waals surface area contributed by atoms with Crippen molar-refractivity contribution in [2.24, 2.45) is 5.84 Å². The average Bonchev–Trinajstić information content (AvgIpc) is 2.84. The van der Waals surface area contributed by atoms with Crippen LogP contribution in [0.4, 0.5) is 4.39 Å². The molecule has 0 saturated heterocycles. The largest absolute Gasteiger partial charge is 0.494 e. The van der Waals surface area contributed by atoms with Gasteiger partial charge in [-0.1, -0.05) is 6.07 Å². The minimum atomic E-state index is -0.388. The van der Waals surface area contributed by atoms with E-state index >= 15 is 0 Å². The van der Waals surface area contributed by atoms with Gasteiger partial charge in [0.15, 0.2) is 11.6 Å². The number of hydrogen-bond donors (Lipinski definition) is 2. The molecule has 0 radical (unpaired) electrons. The van der Waals surface area contributed by atoms with Crippen molar-refractivity contribution in [3.8, 4) is 5.75 Å². The Balaban J connectivity index is 2.35. The summed E-state index contributed by atoms with van der Waals surface area (Å²) in [6, 6.07) is 6.57. The SMILES string of the molecule is COc1ccc(C(NN)c2ccsc2)cc1F. The summed E-state index contributed by atoms with van der Waals surface area (Å²) < 4.78 is 18.5. The van der Waals surface area contributed by atoms with E-state index in [4.69, 9.17) is 10.6 Å². The summed E-state index contributed by atoms with van der Waals surface area (Å²) in [5, 5.41) is 3.94. The minimum Gasteiger partial charge on any atom is -0.494 e. The molecule has 0 saturated carbocycles. The van der Waals surface area contributed by atoms with Crippen LogP contribution >= 0.6 is 11.3 Å². The first-order valence-electron chi connectivity index (χ1n) is 5.08. The van der Waals surface area contributed by atoms with Crippen molar-refractivity contribution in [1.82, 2.24) is 5.43 Å². The van der Waals surface area contributed by atoms with Crippen LogP contribution in [0, 0.1) is 5.82 Å². The molecule has 0 aliphatic carbocycles. The number of benzene rings is 1. The minimum absolute atomic E-state index is 0.207. The number of halogens is 1. The fourth-order valence-corrected chi connectivity index (χ4v) is 2.37. The summed E-state index contributed by atoms with van der Waals surface area (Å²) in [5.41, 5.74) is 4.47. The highest BCUT2D eigenvalue weighted by atomic mass is 32.1. The molecule has 0 aliphatic heterocycles. The number of hydrogen-bond acceptors (Lipinski definition) is 4. The fourth-order valence-electron chi connectivity index (χ4n) is 1.69. The molecule has 90 valence electrons. The smallest absolute Gasteiger partial charge is 0.165 e. The normalized spacial score (nSPS) is 12.4. The Morgan fingerprint density at radius 1 is 1.35 bits per heavy atom. The zero-order chi connectivity index (χ0) is 12.3. The standard InChI is InChI=1S/C12H13FN2OS/c1-16-11-3-2-8(6-10(11)13)12(15-14)9-4-5-17-7-9/h2-7,12,15H,14H2,1H3. The van der Waals surface area contributed by atoms with E-state index in [1.54, 1.807) is 23.5 Å². The highest BCUT2D eigenvalue weighted by Gasteiger charge is 2.14. The molecule has 2 rings (SSSR count). The predicted molar refractivity (Wildman–Crippen MR) is 66.4 cm³/mol. The molecule has 0 spiro atoms. The monoisotopic (exact) mass is 252 g/mol. The van der Waals surface area contributed by atoms with E-state index < -0.39 is 0 Å². The van der Waals surface area contributed by atoms with Crippen molar-refractivity contribution >= 4 is 11.3 Å². The van der Waals surface area contributed by atoms with Gasteiger partial charge in [0.1, 0.15) is 0 Å². The van der Waals surface area contributed by atoms with E-state index in [0.717, 1.165) is 11.1 Å². The molecule has 2 aromatic rings. The van der Waals surface area contributed by atoms with Crippen molar-refractivity contribution in [2.75, 3.05) is 7.11 Å². The molecule has 1 unspecified atom stereocenters. The van der Waals surface area contributed by atoms with Crippen LogP contribution in [0.5, 0.6) is 5.75 Å². The zero-order valence-electron chi connectivity index (χ0n) is 9.31. The maximum atomic E-state index is 13.6. The number of hydrazine groups is 1. The van der Waals surface area contributed by atoms with Crippen LogP contribution in [-0.4, -0.2) is 7.11 Å². The summed E-state index contributed by atoms with van der Waals surface area (Å²) >= 11 is 1.58. The molecule has 0 aliphatic rings. The van der Waals surface area contributed by atoms with Gasteiger partial charge in [-0.2, -0.15) is 11.3 Å². The van der Waals surface area contributed by atoms with E-state index in [1.807, 2.05) is 16.8 Å². The number of thiophene rings is 1. The number of methoxy groups -OCH3 is 1. The molecule has 1 aromatic heterocycles. The summed E-state index contributed by atoms with van der Waals surface area (Å²) in [4.78, 5) is 0. The molecule has 3 nitrogen and oxygen atoms in total. The molecule has 0 amide bonds. The molecule has 3 N–H and O–H groups in total. The van der Waals surface area contributed by atoms with Crippen molar-refractivity contribution < 1.29 is 9.13 Å². The average molecular weight is 252 g/mol. The molecular formula is C12H13FN2OS. The summed E-state index contributed by atoms with van der Waals surface area (Å²) in [5.74, 6) is 5.36. The first-order valence-corrected chi connectivity index (χ1v) is 6.02. The third-order valence-corrected chi connectivity index (χ3v) is 3.25. The van der Waals surface area contributed by atoms with Gasteiger partial charge in [0.2, 0.25) is 0 Å². The maximum Gasteiger partial charge on any atom is 0.165 e. The van der Waals surface area contributed by atoms with Gasteiger partial charge in [-0.05, 0) is 40.1 Å². The summed E-state index contributed by atoms with van der Waals surface area (Å²) in [6.07, 6.45) is 0. The number of nitrogens with one attached hydrogen (secondary N) is 1. The number of ether oxygens (including phenoxy) is 1. The van der Waals surface area contributed by atoms with Crippen LogP contribution in [0.25, 0.3) is 0 Å². The quantitative estimate of drug-likeness (QED) is 0.649. The van der Waals surface area contributed by atoms with E-state index in [9.17, 15) is 4.39 Å². The molecule has 1 heterocycles. The first kappa shape index (κ1) is 12.0. The molecule has 1 aromatic carbocycles. The lowest BCUT2D eigenvalue weighted by Gasteiger charge is -2.15. The lowest BCUT2D eigenvalue weighted by molar-refractivity contribution is 0.385. The maximum absolute atomic E-state index is 13.6. The predicted octanol–water partition coefficient (Wildman–Crippen LogP) is 2.45. The third kappa shape index (κ3) is 2.46. The lowest BCUT2D eigenvalue weighted by atomic mass is 10.0. The Kier molecular flexibility index (Phi) is 3.73. The second-order valence-corrected chi connectivity index (χ2v) is 4.33. The Labute approximate surface area is 103 Å². The molecule has 17 heavy (non-hydrogen) atoms. The van der Waals surface area contributed by atoms with Crippen molar-refractivity contribution in [3.05, 3.63) is 52.0 Å². The van der Waals surface area contributed by atoms with E-state index in [0.29, 0.717) is 0 Å². The van der Waals surface area contributed by atoms with Crippen molar-refractivity contribution in [3.63, 3.8) is 0 Å². The summed E-state index contributed by atoms with van der Waals surface area (Å²) in [7, 11) is 1.44. The van der Waals surface area contributed by atoms with E-state index in [2.05, 4.69) is 5.43 Å².